The minimum atomic E-state index is -0.623. The highest BCUT2D eigenvalue weighted by Crippen LogP contribution is 2.20. The SMILES string of the molecule is O=C(NC(=O)c1ccccc1)Nc1ccccc1Cl. The van der Waals surface area contributed by atoms with E-state index >= 15 is 0 Å². The van der Waals surface area contributed by atoms with Gasteiger partial charge in [0, 0.05) is 5.56 Å². The first-order valence-electron chi connectivity index (χ1n) is 5.59. The van der Waals surface area contributed by atoms with Crippen molar-refractivity contribution in [2.45, 2.75) is 0 Å². The van der Waals surface area contributed by atoms with E-state index in [9.17, 15) is 9.59 Å². The van der Waals surface area contributed by atoms with Gasteiger partial charge in [-0.05, 0) is 24.3 Å². The molecular formula is C14H11ClN2O2. The Morgan fingerprint density at radius 3 is 2.21 bits per heavy atom. The van der Waals surface area contributed by atoms with Crippen LogP contribution >= 0.6 is 11.6 Å². The van der Waals surface area contributed by atoms with E-state index in [1.54, 1.807) is 54.6 Å². The normalized spacial score (nSPS) is 9.74. The number of hydrogen-bond donors (Lipinski definition) is 2. The summed E-state index contributed by atoms with van der Waals surface area (Å²) in [5, 5.41) is 5.14. The zero-order chi connectivity index (χ0) is 13.7. The summed E-state index contributed by atoms with van der Waals surface area (Å²) in [6.45, 7) is 0. The fraction of sp³-hybridized carbons (Fsp3) is 0. The molecule has 0 fully saturated rings. The second kappa shape index (κ2) is 6.02. The topological polar surface area (TPSA) is 58.2 Å². The van der Waals surface area contributed by atoms with Crippen LogP contribution in [0.5, 0.6) is 0 Å². The van der Waals surface area contributed by atoms with Gasteiger partial charge in [-0.1, -0.05) is 41.9 Å². The lowest BCUT2D eigenvalue weighted by molar-refractivity contribution is 0.0967. The summed E-state index contributed by atoms with van der Waals surface area (Å²) < 4.78 is 0. The molecule has 2 rings (SSSR count). The summed E-state index contributed by atoms with van der Waals surface area (Å²) in [5.74, 6) is -0.467. The quantitative estimate of drug-likeness (QED) is 0.883. The molecule has 0 aliphatic heterocycles. The van der Waals surface area contributed by atoms with E-state index in [-0.39, 0.29) is 0 Å². The van der Waals surface area contributed by atoms with Crippen LogP contribution in [0.1, 0.15) is 10.4 Å². The Bertz CT molecular complexity index is 599. The maximum absolute atomic E-state index is 11.7. The molecule has 0 spiro atoms. The van der Waals surface area contributed by atoms with Gasteiger partial charge in [0.25, 0.3) is 5.91 Å². The van der Waals surface area contributed by atoms with Gasteiger partial charge in [0.05, 0.1) is 10.7 Å². The standard InChI is InChI=1S/C14H11ClN2O2/c15-11-8-4-5-9-12(11)16-14(19)17-13(18)10-6-2-1-3-7-10/h1-9H,(H2,16,17,18,19). The van der Waals surface area contributed by atoms with E-state index in [4.69, 9.17) is 11.6 Å². The summed E-state index contributed by atoms with van der Waals surface area (Å²) in [4.78, 5) is 23.4. The van der Waals surface area contributed by atoms with Gasteiger partial charge in [-0.2, -0.15) is 0 Å². The minimum absolute atomic E-state index is 0.407. The van der Waals surface area contributed by atoms with Gasteiger partial charge in [0.2, 0.25) is 0 Å². The van der Waals surface area contributed by atoms with Crippen LogP contribution in [0.25, 0.3) is 0 Å². The van der Waals surface area contributed by atoms with E-state index in [1.807, 2.05) is 0 Å². The molecule has 0 aromatic heterocycles. The predicted molar refractivity (Wildman–Crippen MR) is 74.4 cm³/mol. The van der Waals surface area contributed by atoms with E-state index < -0.39 is 11.9 Å². The first-order valence-corrected chi connectivity index (χ1v) is 5.96. The lowest BCUT2D eigenvalue weighted by Crippen LogP contribution is -2.34. The van der Waals surface area contributed by atoms with Crippen LogP contribution in [0.15, 0.2) is 54.6 Å². The van der Waals surface area contributed by atoms with Crippen molar-refractivity contribution in [3.63, 3.8) is 0 Å². The molecule has 0 bridgehead atoms. The van der Waals surface area contributed by atoms with Crippen molar-refractivity contribution in [3.05, 3.63) is 65.2 Å². The molecule has 3 amide bonds. The Balaban J connectivity index is 1.99. The molecule has 2 aromatic carbocycles. The zero-order valence-corrected chi connectivity index (χ0v) is 10.6. The second-order valence-corrected chi connectivity index (χ2v) is 4.16. The first kappa shape index (κ1) is 13.1. The third-order valence-electron chi connectivity index (χ3n) is 2.39. The van der Waals surface area contributed by atoms with Gasteiger partial charge < -0.3 is 5.32 Å². The third-order valence-corrected chi connectivity index (χ3v) is 2.71. The Morgan fingerprint density at radius 2 is 1.53 bits per heavy atom. The summed E-state index contributed by atoms with van der Waals surface area (Å²) >= 11 is 5.89. The maximum Gasteiger partial charge on any atom is 0.326 e. The van der Waals surface area contributed by atoms with Crippen LogP contribution in [0.2, 0.25) is 5.02 Å². The fourth-order valence-electron chi connectivity index (χ4n) is 1.48. The molecule has 19 heavy (non-hydrogen) atoms. The van der Waals surface area contributed by atoms with E-state index in [2.05, 4.69) is 10.6 Å². The van der Waals surface area contributed by atoms with Crippen molar-refractivity contribution in [3.8, 4) is 0 Å². The van der Waals surface area contributed by atoms with Crippen molar-refractivity contribution in [1.82, 2.24) is 5.32 Å². The number of para-hydroxylation sites is 1. The predicted octanol–water partition coefficient (Wildman–Crippen LogP) is 3.30. The molecule has 2 aromatic rings. The number of urea groups is 1. The molecule has 0 atom stereocenters. The van der Waals surface area contributed by atoms with Crippen LogP contribution in [0, 0.1) is 0 Å². The molecule has 0 aliphatic rings. The fourth-order valence-corrected chi connectivity index (χ4v) is 1.66. The number of rotatable bonds is 2. The summed E-state index contributed by atoms with van der Waals surface area (Å²) in [7, 11) is 0. The lowest BCUT2D eigenvalue weighted by atomic mass is 10.2. The van der Waals surface area contributed by atoms with Crippen LogP contribution in [-0.4, -0.2) is 11.9 Å². The van der Waals surface area contributed by atoms with E-state index in [0.717, 1.165) is 0 Å². The molecule has 0 saturated carbocycles. The molecule has 0 aliphatic carbocycles. The van der Waals surface area contributed by atoms with E-state index in [0.29, 0.717) is 16.3 Å². The Labute approximate surface area is 115 Å². The first-order chi connectivity index (χ1) is 9.16. The number of carbonyl (C=O) groups is 2. The molecule has 5 heteroatoms. The summed E-state index contributed by atoms with van der Waals surface area (Å²) in [6, 6.07) is 14.6. The zero-order valence-electron chi connectivity index (χ0n) is 9.89. The molecular weight excluding hydrogens is 264 g/mol. The highest BCUT2D eigenvalue weighted by atomic mass is 35.5. The molecule has 4 nitrogen and oxygen atoms in total. The van der Waals surface area contributed by atoms with Crippen LogP contribution in [0.4, 0.5) is 10.5 Å². The number of amides is 3. The highest BCUT2D eigenvalue weighted by molar-refractivity contribution is 6.33. The average molecular weight is 275 g/mol. The van der Waals surface area contributed by atoms with Crippen molar-refractivity contribution < 1.29 is 9.59 Å². The molecule has 0 unspecified atom stereocenters. The van der Waals surface area contributed by atoms with Gasteiger partial charge in [0.15, 0.2) is 0 Å². The number of imide groups is 1. The molecule has 96 valence electrons. The van der Waals surface area contributed by atoms with Crippen molar-refractivity contribution in [2.75, 3.05) is 5.32 Å². The van der Waals surface area contributed by atoms with Gasteiger partial charge >= 0.3 is 6.03 Å². The monoisotopic (exact) mass is 274 g/mol. The van der Waals surface area contributed by atoms with Gasteiger partial charge in [-0.3, -0.25) is 10.1 Å². The highest BCUT2D eigenvalue weighted by Gasteiger charge is 2.10. The van der Waals surface area contributed by atoms with E-state index in [1.165, 1.54) is 0 Å². The van der Waals surface area contributed by atoms with Crippen molar-refractivity contribution in [2.24, 2.45) is 0 Å². The maximum atomic E-state index is 11.7. The smallest absolute Gasteiger partial charge is 0.306 e. The molecule has 0 radical (unpaired) electrons. The Kier molecular flexibility index (Phi) is 4.15. The number of benzene rings is 2. The molecule has 0 saturated heterocycles. The van der Waals surface area contributed by atoms with Crippen molar-refractivity contribution >= 4 is 29.2 Å². The molecule has 2 N–H and O–H groups in total. The summed E-state index contributed by atoms with van der Waals surface area (Å²) in [6.07, 6.45) is 0. The lowest BCUT2D eigenvalue weighted by Gasteiger charge is -2.07. The second-order valence-electron chi connectivity index (χ2n) is 3.75. The van der Waals surface area contributed by atoms with Gasteiger partial charge in [-0.25, -0.2) is 4.79 Å². The Morgan fingerprint density at radius 1 is 0.895 bits per heavy atom. The van der Waals surface area contributed by atoms with Crippen LogP contribution in [-0.2, 0) is 0 Å². The van der Waals surface area contributed by atoms with Crippen molar-refractivity contribution in [1.29, 1.82) is 0 Å². The largest absolute Gasteiger partial charge is 0.326 e. The number of hydrogen-bond acceptors (Lipinski definition) is 2. The number of nitrogens with one attached hydrogen (secondary N) is 2. The van der Waals surface area contributed by atoms with Crippen LogP contribution < -0.4 is 10.6 Å². The summed E-state index contributed by atoms with van der Waals surface area (Å²) in [5.41, 5.74) is 0.860. The minimum Gasteiger partial charge on any atom is -0.306 e. The number of halogens is 1. The average Bonchev–Trinajstić information content (AvgIpc) is 2.42. The van der Waals surface area contributed by atoms with Gasteiger partial charge in [0.1, 0.15) is 0 Å². The molecule has 0 heterocycles. The third kappa shape index (κ3) is 3.56. The van der Waals surface area contributed by atoms with Crippen LogP contribution in [0.3, 0.4) is 0 Å². The number of anilines is 1. The Hall–Kier alpha value is -2.33. The van der Waals surface area contributed by atoms with Gasteiger partial charge in [-0.15, -0.1) is 0 Å². The number of carbonyl (C=O) groups excluding carboxylic acids is 2.